The molecule has 6 heteroatoms. The van der Waals surface area contributed by atoms with Crippen molar-refractivity contribution < 1.29 is 9.84 Å². The second-order valence-electron chi connectivity index (χ2n) is 3.62. The average molecular weight is 234 g/mol. The number of rotatable bonds is 4. The van der Waals surface area contributed by atoms with Crippen LogP contribution in [0.5, 0.6) is 5.75 Å². The topological polar surface area (TPSA) is 73.1 Å². The summed E-state index contributed by atoms with van der Waals surface area (Å²) in [7, 11) is 1.63. The van der Waals surface area contributed by atoms with Gasteiger partial charge in [0.25, 0.3) is 0 Å². The molecule has 90 valence electrons. The molecule has 1 heterocycles. The third-order valence-electron chi connectivity index (χ3n) is 2.40. The Balaban J connectivity index is 2.29. The normalized spacial score (nSPS) is 10.5. The summed E-state index contributed by atoms with van der Waals surface area (Å²) >= 11 is 0. The molecule has 0 bridgehead atoms. The Morgan fingerprint density at radius 3 is 2.88 bits per heavy atom. The highest BCUT2D eigenvalue weighted by atomic mass is 16.5. The summed E-state index contributed by atoms with van der Waals surface area (Å²) in [6.45, 7) is 1.97. The summed E-state index contributed by atoms with van der Waals surface area (Å²) in [6, 6.07) is 5.64. The van der Waals surface area contributed by atoms with E-state index in [4.69, 9.17) is 9.84 Å². The van der Waals surface area contributed by atoms with Gasteiger partial charge in [0.2, 0.25) is 0 Å². The maximum atomic E-state index is 8.78. The van der Waals surface area contributed by atoms with E-state index in [1.54, 1.807) is 7.11 Å². The first-order valence-electron chi connectivity index (χ1n) is 5.29. The lowest BCUT2D eigenvalue weighted by Crippen LogP contribution is -2.01. The second-order valence-corrected chi connectivity index (χ2v) is 3.62. The van der Waals surface area contributed by atoms with Crippen LogP contribution >= 0.6 is 0 Å². The van der Waals surface area contributed by atoms with Gasteiger partial charge in [0.1, 0.15) is 5.75 Å². The maximum absolute atomic E-state index is 8.78. The summed E-state index contributed by atoms with van der Waals surface area (Å²) in [4.78, 5) is 1.44. The molecule has 0 aliphatic rings. The van der Waals surface area contributed by atoms with Gasteiger partial charge in [-0.15, -0.1) is 15.0 Å². The lowest BCUT2D eigenvalue weighted by Gasteiger charge is -2.05. The van der Waals surface area contributed by atoms with Crippen LogP contribution in [0.1, 0.15) is 11.4 Å². The first-order chi connectivity index (χ1) is 8.24. The van der Waals surface area contributed by atoms with Gasteiger partial charge in [0.05, 0.1) is 19.4 Å². The van der Waals surface area contributed by atoms with Gasteiger partial charge >= 0.3 is 0 Å². The third-order valence-corrected chi connectivity index (χ3v) is 2.40. The van der Waals surface area contributed by atoms with Crippen LogP contribution in [-0.4, -0.2) is 39.0 Å². The number of tetrazole rings is 1. The Kier molecular flexibility index (Phi) is 3.34. The molecule has 1 aromatic carbocycles. The van der Waals surface area contributed by atoms with Gasteiger partial charge in [0.15, 0.2) is 5.82 Å². The number of hydrogen-bond donors (Lipinski definition) is 1. The molecule has 0 saturated carbocycles. The van der Waals surface area contributed by atoms with E-state index in [0.29, 0.717) is 12.2 Å². The zero-order valence-electron chi connectivity index (χ0n) is 9.79. The Labute approximate surface area is 98.8 Å². The first kappa shape index (κ1) is 11.5. The van der Waals surface area contributed by atoms with E-state index in [9.17, 15) is 0 Å². The van der Waals surface area contributed by atoms with Gasteiger partial charge in [-0.1, -0.05) is 0 Å². The van der Waals surface area contributed by atoms with Crippen LogP contribution in [-0.2, 0) is 6.42 Å². The van der Waals surface area contributed by atoms with Gasteiger partial charge in [-0.2, -0.15) is 0 Å². The van der Waals surface area contributed by atoms with Crippen LogP contribution in [0.15, 0.2) is 18.2 Å². The minimum absolute atomic E-state index is 0.0212. The minimum Gasteiger partial charge on any atom is -0.496 e. The zero-order chi connectivity index (χ0) is 12.3. The van der Waals surface area contributed by atoms with E-state index in [0.717, 1.165) is 17.0 Å². The number of benzene rings is 1. The van der Waals surface area contributed by atoms with Crippen LogP contribution < -0.4 is 4.74 Å². The van der Waals surface area contributed by atoms with Crippen LogP contribution in [0.4, 0.5) is 0 Å². The van der Waals surface area contributed by atoms with Crippen molar-refractivity contribution >= 4 is 0 Å². The first-order valence-corrected chi connectivity index (χ1v) is 5.29. The highest BCUT2D eigenvalue weighted by Crippen LogP contribution is 2.19. The van der Waals surface area contributed by atoms with E-state index in [2.05, 4.69) is 15.4 Å². The second kappa shape index (κ2) is 4.92. The molecule has 1 aromatic heterocycles. The van der Waals surface area contributed by atoms with Crippen LogP contribution in [0.3, 0.4) is 0 Å². The minimum atomic E-state index is 0.0212. The monoisotopic (exact) mass is 234 g/mol. The SMILES string of the molecule is COc1ccc(-n2nnc(CCO)n2)cc1C. The van der Waals surface area contributed by atoms with E-state index in [1.807, 2.05) is 25.1 Å². The molecule has 17 heavy (non-hydrogen) atoms. The molecule has 0 unspecified atom stereocenters. The van der Waals surface area contributed by atoms with E-state index in [-0.39, 0.29) is 6.61 Å². The quantitative estimate of drug-likeness (QED) is 0.834. The van der Waals surface area contributed by atoms with E-state index >= 15 is 0 Å². The molecule has 0 atom stereocenters. The average Bonchev–Trinajstić information content (AvgIpc) is 2.78. The standard InChI is InChI=1S/C11H14N4O2/c1-8-7-9(3-4-10(8)17-2)15-13-11(5-6-16)12-14-15/h3-4,7,16H,5-6H2,1-2H3. The number of aliphatic hydroxyl groups excluding tert-OH is 1. The fraction of sp³-hybridized carbons (Fsp3) is 0.364. The number of aliphatic hydroxyl groups is 1. The lowest BCUT2D eigenvalue weighted by molar-refractivity contribution is 0.296. The molecular weight excluding hydrogens is 220 g/mol. The van der Waals surface area contributed by atoms with Crippen molar-refractivity contribution in [1.82, 2.24) is 20.2 Å². The third kappa shape index (κ3) is 2.42. The van der Waals surface area contributed by atoms with Crippen LogP contribution in [0.2, 0.25) is 0 Å². The van der Waals surface area contributed by atoms with Crippen LogP contribution in [0, 0.1) is 6.92 Å². The highest BCUT2D eigenvalue weighted by molar-refractivity contribution is 5.42. The molecule has 2 rings (SSSR count). The number of hydrogen-bond acceptors (Lipinski definition) is 5. The summed E-state index contributed by atoms with van der Waals surface area (Å²) in [5.41, 5.74) is 1.82. The maximum Gasteiger partial charge on any atom is 0.177 e. The fourth-order valence-electron chi connectivity index (χ4n) is 1.54. The molecule has 1 N–H and O–H groups in total. The molecular formula is C11H14N4O2. The van der Waals surface area contributed by atoms with Crippen LogP contribution in [0.25, 0.3) is 5.69 Å². The van der Waals surface area contributed by atoms with E-state index in [1.165, 1.54) is 4.80 Å². The van der Waals surface area contributed by atoms with Crippen molar-refractivity contribution in [2.45, 2.75) is 13.3 Å². The smallest absolute Gasteiger partial charge is 0.177 e. The largest absolute Gasteiger partial charge is 0.496 e. The molecule has 0 amide bonds. The van der Waals surface area contributed by atoms with Crippen molar-refractivity contribution in [1.29, 1.82) is 0 Å². The van der Waals surface area contributed by atoms with Gasteiger partial charge in [0, 0.05) is 6.42 Å². The predicted octanol–water partition coefficient (Wildman–Crippen LogP) is 0.514. The summed E-state index contributed by atoms with van der Waals surface area (Å²) in [6.07, 6.45) is 0.412. The lowest BCUT2D eigenvalue weighted by atomic mass is 10.2. The zero-order valence-corrected chi connectivity index (χ0v) is 9.79. The number of ether oxygens (including phenoxy) is 1. The number of methoxy groups -OCH3 is 1. The van der Waals surface area contributed by atoms with Crippen molar-refractivity contribution in [3.63, 3.8) is 0 Å². The molecule has 2 aromatic rings. The van der Waals surface area contributed by atoms with Gasteiger partial charge in [-0.05, 0) is 35.9 Å². The molecule has 6 nitrogen and oxygen atoms in total. The van der Waals surface area contributed by atoms with Gasteiger partial charge in [-0.3, -0.25) is 0 Å². The van der Waals surface area contributed by atoms with Crippen molar-refractivity contribution in [2.75, 3.05) is 13.7 Å². The van der Waals surface area contributed by atoms with Gasteiger partial charge in [-0.25, -0.2) is 0 Å². The summed E-state index contributed by atoms with van der Waals surface area (Å²) < 4.78 is 5.18. The van der Waals surface area contributed by atoms with E-state index < -0.39 is 0 Å². The summed E-state index contributed by atoms with van der Waals surface area (Å²) in [5.74, 6) is 1.35. The number of nitrogens with zero attached hydrogens (tertiary/aromatic N) is 4. The van der Waals surface area contributed by atoms with Crippen molar-refractivity contribution in [3.05, 3.63) is 29.6 Å². The predicted molar refractivity (Wildman–Crippen MR) is 61.2 cm³/mol. The molecule has 0 aliphatic carbocycles. The molecule has 0 saturated heterocycles. The Morgan fingerprint density at radius 1 is 1.41 bits per heavy atom. The molecule has 0 radical (unpaired) electrons. The van der Waals surface area contributed by atoms with Crippen molar-refractivity contribution in [2.24, 2.45) is 0 Å². The Bertz CT molecular complexity index is 510. The molecule has 0 fully saturated rings. The molecule has 0 aliphatic heterocycles. The van der Waals surface area contributed by atoms with Crippen molar-refractivity contribution in [3.8, 4) is 11.4 Å². The fourth-order valence-corrected chi connectivity index (χ4v) is 1.54. The Hall–Kier alpha value is -1.95. The highest BCUT2D eigenvalue weighted by Gasteiger charge is 2.06. The molecule has 0 spiro atoms. The number of aromatic nitrogens is 4. The number of aryl methyl sites for hydroxylation is 1. The van der Waals surface area contributed by atoms with Gasteiger partial charge < -0.3 is 9.84 Å². The summed E-state index contributed by atoms with van der Waals surface area (Å²) in [5, 5.41) is 20.7. The Morgan fingerprint density at radius 2 is 2.24 bits per heavy atom.